The fourth-order valence-corrected chi connectivity index (χ4v) is 1.14. The molecule has 0 unspecified atom stereocenters. The number of hydrogen-bond acceptors (Lipinski definition) is 2. The van der Waals surface area contributed by atoms with Gasteiger partial charge in [0.1, 0.15) is 0 Å². The van der Waals surface area contributed by atoms with Crippen LogP contribution in [0.25, 0.3) is 0 Å². The van der Waals surface area contributed by atoms with Gasteiger partial charge in [0.05, 0.1) is 0 Å². The van der Waals surface area contributed by atoms with E-state index < -0.39 is 0 Å². The van der Waals surface area contributed by atoms with E-state index in [0.29, 0.717) is 10.7 Å². The van der Waals surface area contributed by atoms with Crippen LogP contribution in [0, 0.1) is 0 Å². The average molecular weight is 219 g/mol. The fourth-order valence-electron chi connectivity index (χ4n) is 0.961. The van der Waals surface area contributed by atoms with Gasteiger partial charge >= 0.3 is 0 Å². The first-order chi connectivity index (χ1) is 5.65. The van der Waals surface area contributed by atoms with Crippen molar-refractivity contribution in [2.45, 2.75) is 6.04 Å². The van der Waals surface area contributed by atoms with Gasteiger partial charge in [0.25, 0.3) is 0 Å². The van der Waals surface area contributed by atoms with Crippen molar-refractivity contribution >= 4 is 29.7 Å². The van der Waals surface area contributed by atoms with Gasteiger partial charge in [-0.3, -0.25) is 0 Å². The Balaban J connectivity index is 0.00000144. The minimum absolute atomic E-state index is 0. The molecule has 0 saturated carbocycles. The Labute approximate surface area is 89.0 Å². The second kappa shape index (κ2) is 5.12. The van der Waals surface area contributed by atoms with Gasteiger partial charge < -0.3 is 11.5 Å². The van der Waals surface area contributed by atoms with Crippen molar-refractivity contribution in [3.05, 3.63) is 41.4 Å². The molecule has 0 fully saturated rings. The molecule has 0 spiro atoms. The molecule has 1 rings (SSSR count). The predicted molar refractivity (Wildman–Crippen MR) is 60.2 cm³/mol. The third-order valence-corrected chi connectivity index (χ3v) is 1.90. The van der Waals surface area contributed by atoms with Crippen LogP contribution in [0.2, 0.25) is 5.02 Å². The zero-order valence-corrected chi connectivity index (χ0v) is 8.61. The normalized spacial score (nSPS) is 11.5. The molecule has 13 heavy (non-hydrogen) atoms. The summed E-state index contributed by atoms with van der Waals surface area (Å²) in [5, 5.41) is 0.636. The van der Waals surface area contributed by atoms with Crippen LogP contribution in [0.5, 0.6) is 0 Å². The van der Waals surface area contributed by atoms with Crippen molar-refractivity contribution in [3.63, 3.8) is 0 Å². The van der Waals surface area contributed by atoms with Crippen molar-refractivity contribution in [1.29, 1.82) is 0 Å². The van der Waals surface area contributed by atoms with Crippen LogP contribution in [0.4, 0.5) is 5.69 Å². The molecule has 72 valence electrons. The minimum atomic E-state index is -0.247. The van der Waals surface area contributed by atoms with Gasteiger partial charge in [0.15, 0.2) is 0 Å². The minimum Gasteiger partial charge on any atom is -0.398 e. The molecule has 4 N–H and O–H groups in total. The highest BCUT2D eigenvalue weighted by molar-refractivity contribution is 6.30. The molecular formula is C9H12Cl2N2. The molecule has 2 nitrogen and oxygen atoms in total. The highest BCUT2D eigenvalue weighted by Crippen LogP contribution is 2.23. The molecule has 0 saturated heterocycles. The molecule has 1 aromatic rings. The monoisotopic (exact) mass is 218 g/mol. The zero-order chi connectivity index (χ0) is 9.14. The number of hydrogen-bond donors (Lipinski definition) is 2. The topological polar surface area (TPSA) is 52.0 Å². The largest absolute Gasteiger partial charge is 0.398 e. The van der Waals surface area contributed by atoms with Gasteiger partial charge in [0, 0.05) is 16.8 Å². The number of nitrogens with two attached hydrogens (primary N) is 2. The first-order valence-electron chi connectivity index (χ1n) is 3.58. The lowest BCUT2D eigenvalue weighted by Gasteiger charge is -2.09. The zero-order valence-electron chi connectivity index (χ0n) is 7.03. The standard InChI is InChI=1S/C9H11ClN2.ClH/c1-2-8(11)7-5-6(10)3-4-9(7)12;/h2-5,8H,1,11-12H2;1H/t8-;/m0./s1. The second-order valence-corrected chi connectivity index (χ2v) is 2.97. The molecule has 0 aliphatic rings. The van der Waals surface area contributed by atoms with Gasteiger partial charge in [-0.15, -0.1) is 19.0 Å². The average Bonchev–Trinajstić information content (AvgIpc) is 2.08. The summed E-state index contributed by atoms with van der Waals surface area (Å²) >= 11 is 5.77. The third-order valence-electron chi connectivity index (χ3n) is 1.66. The summed E-state index contributed by atoms with van der Waals surface area (Å²) in [6, 6.07) is 4.98. The van der Waals surface area contributed by atoms with E-state index >= 15 is 0 Å². The summed E-state index contributed by atoms with van der Waals surface area (Å²) in [5.41, 5.74) is 12.8. The molecule has 1 atom stereocenters. The van der Waals surface area contributed by atoms with E-state index in [1.165, 1.54) is 0 Å². The summed E-state index contributed by atoms with van der Waals surface area (Å²) in [6.45, 7) is 3.58. The number of nitrogen functional groups attached to an aromatic ring is 1. The Bertz CT molecular complexity index is 300. The molecule has 0 aliphatic carbocycles. The maximum absolute atomic E-state index is 5.77. The van der Waals surface area contributed by atoms with Crippen LogP contribution in [0.1, 0.15) is 11.6 Å². The molecule has 4 heteroatoms. The van der Waals surface area contributed by atoms with Crippen molar-refractivity contribution in [1.82, 2.24) is 0 Å². The lowest BCUT2D eigenvalue weighted by atomic mass is 10.1. The lowest BCUT2D eigenvalue weighted by Crippen LogP contribution is -2.09. The molecule has 0 radical (unpaired) electrons. The maximum atomic E-state index is 5.77. The van der Waals surface area contributed by atoms with E-state index in [9.17, 15) is 0 Å². The summed E-state index contributed by atoms with van der Waals surface area (Å²) in [6.07, 6.45) is 1.63. The Kier molecular flexibility index (Phi) is 4.85. The Morgan fingerprint density at radius 1 is 1.46 bits per heavy atom. The first-order valence-corrected chi connectivity index (χ1v) is 3.96. The van der Waals surface area contributed by atoms with E-state index in [-0.39, 0.29) is 18.4 Å². The fraction of sp³-hybridized carbons (Fsp3) is 0.111. The molecule has 0 amide bonds. The van der Waals surface area contributed by atoms with Crippen molar-refractivity contribution in [2.75, 3.05) is 5.73 Å². The Morgan fingerprint density at radius 3 is 2.62 bits per heavy atom. The van der Waals surface area contributed by atoms with E-state index in [1.807, 2.05) is 0 Å². The van der Waals surface area contributed by atoms with Crippen LogP contribution >= 0.6 is 24.0 Å². The van der Waals surface area contributed by atoms with E-state index in [2.05, 4.69) is 6.58 Å². The van der Waals surface area contributed by atoms with Crippen molar-refractivity contribution < 1.29 is 0 Å². The maximum Gasteiger partial charge on any atom is 0.0499 e. The van der Waals surface area contributed by atoms with Gasteiger partial charge in [-0.05, 0) is 23.8 Å². The van der Waals surface area contributed by atoms with E-state index in [4.69, 9.17) is 23.1 Å². The summed E-state index contributed by atoms with van der Waals surface area (Å²) in [7, 11) is 0. The van der Waals surface area contributed by atoms with Crippen LogP contribution in [0.15, 0.2) is 30.9 Å². The molecule has 1 aromatic carbocycles. The van der Waals surface area contributed by atoms with Gasteiger partial charge in [0.2, 0.25) is 0 Å². The number of halogens is 2. The van der Waals surface area contributed by atoms with E-state index in [0.717, 1.165) is 5.56 Å². The first kappa shape index (κ1) is 12.3. The van der Waals surface area contributed by atoms with Crippen LogP contribution in [-0.2, 0) is 0 Å². The number of rotatable bonds is 2. The Morgan fingerprint density at radius 2 is 2.08 bits per heavy atom. The smallest absolute Gasteiger partial charge is 0.0499 e. The molecule has 0 bridgehead atoms. The molecular weight excluding hydrogens is 207 g/mol. The Hall–Kier alpha value is -0.700. The van der Waals surface area contributed by atoms with Gasteiger partial charge in [-0.1, -0.05) is 17.7 Å². The highest BCUT2D eigenvalue weighted by atomic mass is 35.5. The summed E-state index contributed by atoms with van der Waals surface area (Å²) < 4.78 is 0. The predicted octanol–water partition coefficient (Wildman–Crippen LogP) is 2.53. The van der Waals surface area contributed by atoms with Crippen LogP contribution < -0.4 is 11.5 Å². The molecule has 0 heterocycles. The van der Waals surface area contributed by atoms with Crippen LogP contribution in [-0.4, -0.2) is 0 Å². The van der Waals surface area contributed by atoms with Crippen molar-refractivity contribution in [2.24, 2.45) is 5.73 Å². The lowest BCUT2D eigenvalue weighted by molar-refractivity contribution is 0.918. The summed E-state index contributed by atoms with van der Waals surface area (Å²) in [5.74, 6) is 0. The molecule has 0 aliphatic heterocycles. The third kappa shape index (κ3) is 2.92. The van der Waals surface area contributed by atoms with E-state index in [1.54, 1.807) is 24.3 Å². The molecule has 0 aromatic heterocycles. The second-order valence-electron chi connectivity index (χ2n) is 2.53. The summed E-state index contributed by atoms with van der Waals surface area (Å²) in [4.78, 5) is 0. The highest BCUT2D eigenvalue weighted by Gasteiger charge is 2.05. The number of anilines is 1. The quantitative estimate of drug-likeness (QED) is 0.593. The van der Waals surface area contributed by atoms with Crippen molar-refractivity contribution in [3.8, 4) is 0 Å². The van der Waals surface area contributed by atoms with Gasteiger partial charge in [-0.2, -0.15) is 0 Å². The SMILES string of the molecule is C=C[C@H](N)c1cc(Cl)ccc1N.Cl. The van der Waals surface area contributed by atoms with Crippen LogP contribution in [0.3, 0.4) is 0 Å². The number of benzene rings is 1. The van der Waals surface area contributed by atoms with Gasteiger partial charge in [-0.25, -0.2) is 0 Å².